The van der Waals surface area contributed by atoms with Crippen molar-refractivity contribution in [1.29, 1.82) is 0 Å². The van der Waals surface area contributed by atoms with Gasteiger partial charge in [0.1, 0.15) is 0 Å². The Kier molecular flexibility index (Phi) is 6.49. The summed E-state index contributed by atoms with van der Waals surface area (Å²) in [5.41, 5.74) is -0.368. The highest BCUT2D eigenvalue weighted by Gasteiger charge is 2.18. The van der Waals surface area contributed by atoms with E-state index < -0.39 is 0 Å². The largest absolute Gasteiger partial charge is 0.465 e. The summed E-state index contributed by atoms with van der Waals surface area (Å²) in [6, 6.07) is 0. The van der Waals surface area contributed by atoms with Gasteiger partial charge < -0.3 is 14.9 Å². The van der Waals surface area contributed by atoms with E-state index in [9.17, 15) is 4.79 Å². The normalized spacial score (nSPS) is 11.4. The predicted octanol–water partition coefficient (Wildman–Crippen LogP) is 0.711. The van der Waals surface area contributed by atoms with E-state index in [1.54, 1.807) is 0 Å². The second kappa shape index (κ2) is 6.79. The Labute approximate surface area is 84.9 Å². The number of rotatable bonds is 7. The van der Waals surface area contributed by atoms with Crippen LogP contribution in [0.1, 0.15) is 33.1 Å². The smallest absolute Gasteiger partial charge is 0.305 e. The molecule has 0 spiro atoms. The van der Waals surface area contributed by atoms with Crippen LogP contribution >= 0.6 is 0 Å². The van der Waals surface area contributed by atoms with Crippen molar-refractivity contribution in [3.63, 3.8) is 0 Å². The third-order valence-corrected chi connectivity index (χ3v) is 1.84. The highest BCUT2D eigenvalue weighted by Crippen LogP contribution is 2.14. The topological polar surface area (TPSA) is 66.8 Å². The van der Waals surface area contributed by atoms with E-state index in [-0.39, 0.29) is 31.2 Å². The van der Waals surface area contributed by atoms with Crippen LogP contribution in [0.15, 0.2) is 0 Å². The van der Waals surface area contributed by atoms with E-state index in [1.807, 2.05) is 13.8 Å². The molecule has 0 fully saturated rings. The highest BCUT2D eigenvalue weighted by atomic mass is 16.5. The maximum atomic E-state index is 11.1. The first-order chi connectivity index (χ1) is 6.52. The summed E-state index contributed by atoms with van der Waals surface area (Å²) >= 11 is 0. The number of aliphatic hydroxyl groups is 2. The predicted molar refractivity (Wildman–Crippen MR) is 52.8 cm³/mol. The third-order valence-electron chi connectivity index (χ3n) is 1.84. The van der Waals surface area contributed by atoms with Gasteiger partial charge in [-0.3, -0.25) is 4.79 Å². The van der Waals surface area contributed by atoms with Gasteiger partial charge in [-0.15, -0.1) is 0 Å². The van der Waals surface area contributed by atoms with Crippen LogP contribution in [0.3, 0.4) is 0 Å². The molecule has 0 aliphatic rings. The first-order valence-corrected chi connectivity index (χ1v) is 4.89. The maximum absolute atomic E-state index is 11.1. The second-order valence-corrected chi connectivity index (χ2v) is 4.16. The van der Waals surface area contributed by atoms with Crippen molar-refractivity contribution in [3.05, 3.63) is 0 Å². The maximum Gasteiger partial charge on any atom is 0.305 e. The van der Waals surface area contributed by atoms with Crippen molar-refractivity contribution >= 4 is 5.97 Å². The minimum absolute atomic E-state index is 0.00306. The molecule has 0 aromatic rings. The number of unbranched alkanes of at least 4 members (excludes halogenated alkanes) is 1. The zero-order valence-electron chi connectivity index (χ0n) is 8.95. The van der Waals surface area contributed by atoms with Crippen molar-refractivity contribution in [2.45, 2.75) is 33.1 Å². The molecule has 14 heavy (non-hydrogen) atoms. The summed E-state index contributed by atoms with van der Waals surface area (Å²) in [4.78, 5) is 11.1. The van der Waals surface area contributed by atoms with Crippen LogP contribution in [0.4, 0.5) is 0 Å². The lowest BCUT2D eigenvalue weighted by molar-refractivity contribution is -0.147. The standard InChI is InChI=1S/C10H20O4/c1-10(2,7-12)8-14-9(13)5-3-4-6-11/h11-12H,3-8H2,1-2H3. The number of carbonyl (C=O) groups is 1. The molecule has 0 radical (unpaired) electrons. The number of carbonyl (C=O) groups excluding carboxylic acids is 1. The van der Waals surface area contributed by atoms with Crippen LogP contribution in [-0.4, -0.2) is 36.0 Å². The van der Waals surface area contributed by atoms with Crippen LogP contribution in [-0.2, 0) is 9.53 Å². The van der Waals surface area contributed by atoms with Gasteiger partial charge in [0.25, 0.3) is 0 Å². The van der Waals surface area contributed by atoms with E-state index in [0.717, 1.165) is 0 Å². The monoisotopic (exact) mass is 204 g/mol. The molecular formula is C10H20O4. The molecule has 0 bridgehead atoms. The van der Waals surface area contributed by atoms with E-state index in [4.69, 9.17) is 14.9 Å². The van der Waals surface area contributed by atoms with Crippen LogP contribution in [0.2, 0.25) is 0 Å². The molecule has 84 valence electrons. The minimum Gasteiger partial charge on any atom is -0.465 e. The lowest BCUT2D eigenvalue weighted by Crippen LogP contribution is -2.25. The Bertz CT molecular complexity index is 166. The Hall–Kier alpha value is -0.610. The van der Waals surface area contributed by atoms with Crippen molar-refractivity contribution < 1.29 is 19.7 Å². The third kappa shape index (κ3) is 6.86. The summed E-state index contributed by atoms with van der Waals surface area (Å²) in [7, 11) is 0. The lowest BCUT2D eigenvalue weighted by atomic mass is 9.97. The average molecular weight is 204 g/mol. The number of ether oxygens (including phenoxy) is 1. The molecule has 0 atom stereocenters. The summed E-state index contributed by atoms with van der Waals surface area (Å²) < 4.78 is 4.96. The molecule has 0 amide bonds. The van der Waals surface area contributed by atoms with Gasteiger partial charge in [-0.25, -0.2) is 0 Å². The van der Waals surface area contributed by atoms with Gasteiger partial charge >= 0.3 is 5.97 Å². The van der Waals surface area contributed by atoms with Gasteiger partial charge in [-0.1, -0.05) is 13.8 Å². The van der Waals surface area contributed by atoms with Gasteiger partial charge in [0.15, 0.2) is 0 Å². The van der Waals surface area contributed by atoms with E-state index >= 15 is 0 Å². The van der Waals surface area contributed by atoms with Crippen molar-refractivity contribution in [3.8, 4) is 0 Å². The lowest BCUT2D eigenvalue weighted by Gasteiger charge is -2.20. The Morgan fingerprint density at radius 3 is 2.43 bits per heavy atom. The second-order valence-electron chi connectivity index (χ2n) is 4.16. The van der Waals surface area contributed by atoms with Crippen LogP contribution in [0, 0.1) is 5.41 Å². The summed E-state index contributed by atoms with van der Waals surface area (Å²) in [5.74, 6) is -0.264. The Morgan fingerprint density at radius 1 is 1.29 bits per heavy atom. The van der Waals surface area contributed by atoms with Crippen molar-refractivity contribution in [1.82, 2.24) is 0 Å². The molecule has 4 nitrogen and oxygen atoms in total. The van der Waals surface area contributed by atoms with Crippen molar-refractivity contribution in [2.75, 3.05) is 19.8 Å². The number of hydrogen-bond acceptors (Lipinski definition) is 4. The SMILES string of the molecule is CC(C)(CO)COC(=O)CCCCO. The summed E-state index contributed by atoms with van der Waals surface area (Å²) in [5, 5.41) is 17.4. The van der Waals surface area contributed by atoms with E-state index in [1.165, 1.54) is 0 Å². The molecule has 0 aromatic carbocycles. The molecule has 0 unspecified atom stereocenters. The number of hydrogen-bond donors (Lipinski definition) is 2. The molecule has 2 N–H and O–H groups in total. The molecule has 0 saturated carbocycles. The van der Waals surface area contributed by atoms with Gasteiger partial charge in [0.2, 0.25) is 0 Å². The Morgan fingerprint density at radius 2 is 1.93 bits per heavy atom. The van der Waals surface area contributed by atoms with E-state index in [0.29, 0.717) is 19.3 Å². The van der Waals surface area contributed by atoms with Gasteiger partial charge in [0, 0.05) is 18.4 Å². The first kappa shape index (κ1) is 13.4. The van der Waals surface area contributed by atoms with Gasteiger partial charge in [-0.2, -0.15) is 0 Å². The average Bonchev–Trinajstić information content (AvgIpc) is 2.16. The number of esters is 1. The summed E-state index contributed by atoms with van der Waals surface area (Å²) in [6.45, 7) is 4.00. The number of aliphatic hydroxyl groups excluding tert-OH is 2. The van der Waals surface area contributed by atoms with Gasteiger partial charge in [0.05, 0.1) is 13.2 Å². The fourth-order valence-electron chi connectivity index (χ4n) is 0.775. The molecule has 0 saturated heterocycles. The first-order valence-electron chi connectivity index (χ1n) is 4.89. The quantitative estimate of drug-likeness (QED) is 0.473. The molecule has 0 heterocycles. The fraction of sp³-hybridized carbons (Fsp3) is 0.900. The molecule has 0 rings (SSSR count). The van der Waals surface area contributed by atoms with Crippen LogP contribution in [0.25, 0.3) is 0 Å². The molecule has 0 aliphatic carbocycles. The molecule has 0 aromatic heterocycles. The van der Waals surface area contributed by atoms with Crippen LogP contribution < -0.4 is 0 Å². The zero-order valence-corrected chi connectivity index (χ0v) is 8.95. The molecule has 4 heteroatoms. The zero-order chi connectivity index (χ0) is 11.0. The minimum atomic E-state index is -0.368. The fourth-order valence-corrected chi connectivity index (χ4v) is 0.775. The van der Waals surface area contributed by atoms with Gasteiger partial charge in [-0.05, 0) is 12.8 Å². The summed E-state index contributed by atoms with van der Waals surface area (Å²) in [6.07, 6.45) is 1.61. The Balaban J connectivity index is 3.53. The van der Waals surface area contributed by atoms with Crippen molar-refractivity contribution in [2.24, 2.45) is 5.41 Å². The molecule has 0 aliphatic heterocycles. The van der Waals surface area contributed by atoms with E-state index in [2.05, 4.69) is 0 Å². The highest BCUT2D eigenvalue weighted by molar-refractivity contribution is 5.69. The molecular weight excluding hydrogens is 184 g/mol. The van der Waals surface area contributed by atoms with Crippen LogP contribution in [0.5, 0.6) is 0 Å².